The third-order valence-electron chi connectivity index (χ3n) is 8.63. The molecule has 222 valence electrons. The molecule has 0 aromatic rings. The van der Waals surface area contributed by atoms with Gasteiger partial charge in [-0.2, -0.15) is 0 Å². The molecule has 0 aromatic carbocycles. The number of carbonyl (C=O) groups excluding carboxylic acids is 1. The van der Waals surface area contributed by atoms with Crippen LogP contribution in [0.15, 0.2) is 117 Å². The molecule has 0 N–H and O–H groups in total. The molecule has 0 spiro atoms. The Bertz CT molecular complexity index is 1250. The first-order valence-corrected chi connectivity index (χ1v) is 15.6. The van der Waals surface area contributed by atoms with Crippen LogP contribution in [0.1, 0.15) is 114 Å². The molecule has 0 bridgehead atoms. The van der Waals surface area contributed by atoms with Crippen molar-refractivity contribution in [3.63, 3.8) is 0 Å². The molecule has 1 heteroatoms. The summed E-state index contributed by atoms with van der Waals surface area (Å²) in [4.78, 5) is 12.2. The maximum Gasteiger partial charge on any atom is 0.158 e. The van der Waals surface area contributed by atoms with Crippen LogP contribution in [0.4, 0.5) is 0 Å². The van der Waals surface area contributed by atoms with Gasteiger partial charge in [0.2, 0.25) is 0 Å². The molecule has 0 radical (unpaired) electrons. The summed E-state index contributed by atoms with van der Waals surface area (Å²) in [6.45, 7) is 22.1. The Hall–Kier alpha value is -2.93. The molecule has 2 aliphatic carbocycles. The van der Waals surface area contributed by atoms with E-state index < -0.39 is 0 Å². The standard InChI is InChI=1S/C40H56O/c1-30(18-13-20-32(3)23-25-36-34(5)22-15-28-39(36,7)8)16-11-12-17-31(2)19-14-21-33(4)24-26-37-35(6)38(41)27-29-40(37,9)10/h13-14,16-21,23-26H,11-12,15,22,27-29H2,1-10H3/b18-13+,19-14+,25-23+,26-24+,30-16-,31-17+,32-20-,33-21+. The van der Waals surface area contributed by atoms with Crippen LogP contribution in [-0.2, 0) is 4.79 Å². The summed E-state index contributed by atoms with van der Waals surface area (Å²) in [6, 6.07) is 0. The molecular formula is C40H56O. The maximum absolute atomic E-state index is 12.2. The summed E-state index contributed by atoms with van der Waals surface area (Å²) in [5, 5.41) is 0. The molecule has 2 rings (SSSR count). The molecule has 1 nitrogen and oxygen atoms in total. The minimum Gasteiger partial charge on any atom is -0.295 e. The maximum atomic E-state index is 12.2. The van der Waals surface area contributed by atoms with Crippen molar-refractivity contribution in [1.29, 1.82) is 0 Å². The molecule has 0 atom stereocenters. The Kier molecular flexibility index (Phi) is 13.3. The quantitative estimate of drug-likeness (QED) is 0.184. The summed E-state index contributed by atoms with van der Waals surface area (Å²) < 4.78 is 0. The van der Waals surface area contributed by atoms with Crippen molar-refractivity contribution < 1.29 is 4.79 Å². The predicted molar refractivity (Wildman–Crippen MR) is 182 cm³/mol. The first kappa shape index (κ1) is 34.3. The summed E-state index contributed by atoms with van der Waals surface area (Å²) >= 11 is 0. The van der Waals surface area contributed by atoms with Gasteiger partial charge in [0.15, 0.2) is 5.78 Å². The fourth-order valence-corrected chi connectivity index (χ4v) is 5.77. The molecule has 0 aromatic heterocycles. The molecule has 0 saturated carbocycles. The van der Waals surface area contributed by atoms with Crippen LogP contribution in [0.2, 0.25) is 0 Å². The van der Waals surface area contributed by atoms with Gasteiger partial charge in [0.05, 0.1) is 0 Å². The largest absolute Gasteiger partial charge is 0.295 e. The van der Waals surface area contributed by atoms with Crippen molar-refractivity contribution in [2.75, 3.05) is 0 Å². The first-order chi connectivity index (χ1) is 19.2. The Morgan fingerprint density at radius 3 is 1.66 bits per heavy atom. The second-order valence-corrected chi connectivity index (χ2v) is 13.5. The highest BCUT2D eigenvalue weighted by Crippen LogP contribution is 2.41. The molecule has 2 aliphatic rings. The van der Waals surface area contributed by atoms with E-state index in [1.165, 1.54) is 52.7 Å². The minimum atomic E-state index is 0.0583. The van der Waals surface area contributed by atoms with Gasteiger partial charge in [0, 0.05) is 6.42 Å². The molecule has 0 aliphatic heterocycles. The van der Waals surface area contributed by atoms with Crippen LogP contribution < -0.4 is 0 Å². The van der Waals surface area contributed by atoms with Gasteiger partial charge >= 0.3 is 0 Å². The first-order valence-electron chi connectivity index (χ1n) is 15.6. The molecule has 41 heavy (non-hydrogen) atoms. The molecule has 0 fully saturated rings. The number of rotatable bonds is 11. The number of hydrogen-bond donors (Lipinski definition) is 0. The van der Waals surface area contributed by atoms with Crippen molar-refractivity contribution in [3.05, 3.63) is 117 Å². The smallest absolute Gasteiger partial charge is 0.158 e. The number of allylic oxidation sites excluding steroid dienone is 20. The molecule has 0 amide bonds. The lowest BCUT2D eigenvalue weighted by molar-refractivity contribution is -0.116. The topological polar surface area (TPSA) is 17.1 Å². The van der Waals surface area contributed by atoms with Gasteiger partial charge < -0.3 is 0 Å². The highest BCUT2D eigenvalue weighted by Gasteiger charge is 2.30. The van der Waals surface area contributed by atoms with E-state index in [9.17, 15) is 4.79 Å². The average Bonchev–Trinajstić information content (AvgIpc) is 2.88. The lowest BCUT2D eigenvalue weighted by Gasteiger charge is -2.32. The Morgan fingerprint density at radius 2 is 1.15 bits per heavy atom. The summed E-state index contributed by atoms with van der Waals surface area (Å²) in [7, 11) is 0. The SMILES string of the molecule is CC1=C(/C=C/C(C)=C\C=C\C(C)=C/CC/C=C(C)/C=C/C=C(C)/C=C/C2=C(C)C(=O)CCC2(C)C)C(C)(C)CCC1. The van der Waals surface area contributed by atoms with Crippen molar-refractivity contribution in [2.24, 2.45) is 10.8 Å². The monoisotopic (exact) mass is 552 g/mol. The number of ketones is 1. The van der Waals surface area contributed by atoms with E-state index in [1.807, 2.05) is 6.92 Å². The highest BCUT2D eigenvalue weighted by atomic mass is 16.1. The lowest BCUT2D eigenvalue weighted by atomic mass is 9.72. The van der Waals surface area contributed by atoms with Crippen molar-refractivity contribution >= 4 is 5.78 Å². The van der Waals surface area contributed by atoms with Crippen LogP contribution in [0.3, 0.4) is 0 Å². The number of unbranched alkanes of at least 4 members (excludes halogenated alkanes) is 1. The lowest BCUT2D eigenvalue weighted by Crippen LogP contribution is -2.24. The van der Waals surface area contributed by atoms with Crippen LogP contribution in [-0.4, -0.2) is 5.78 Å². The highest BCUT2D eigenvalue weighted by molar-refractivity contribution is 5.97. The second-order valence-electron chi connectivity index (χ2n) is 13.5. The van der Waals surface area contributed by atoms with E-state index in [2.05, 4.69) is 135 Å². The summed E-state index contributed by atoms with van der Waals surface area (Å²) in [5.74, 6) is 0.286. The second kappa shape index (κ2) is 15.9. The predicted octanol–water partition coefficient (Wildman–Crippen LogP) is 12.0. The van der Waals surface area contributed by atoms with E-state index in [0.717, 1.165) is 24.8 Å². The fourth-order valence-electron chi connectivity index (χ4n) is 5.77. The molecular weight excluding hydrogens is 496 g/mol. The molecule has 0 unspecified atom stereocenters. The van der Waals surface area contributed by atoms with Crippen LogP contribution in [0.25, 0.3) is 0 Å². The minimum absolute atomic E-state index is 0.0583. The average molecular weight is 553 g/mol. The number of Topliss-reactive ketones (excluding diaryl/α,β-unsaturated/α-hetero) is 1. The van der Waals surface area contributed by atoms with Crippen molar-refractivity contribution in [3.8, 4) is 0 Å². The van der Waals surface area contributed by atoms with Gasteiger partial charge in [0.25, 0.3) is 0 Å². The Balaban J connectivity index is 1.84. The molecule has 0 heterocycles. The summed E-state index contributed by atoms with van der Waals surface area (Å²) in [5.41, 5.74) is 10.5. The van der Waals surface area contributed by atoms with Crippen molar-refractivity contribution in [2.45, 2.75) is 114 Å². The van der Waals surface area contributed by atoms with Gasteiger partial charge in [-0.3, -0.25) is 4.79 Å². The van der Waals surface area contributed by atoms with Crippen LogP contribution >= 0.6 is 0 Å². The van der Waals surface area contributed by atoms with E-state index in [1.54, 1.807) is 5.57 Å². The summed E-state index contributed by atoms with van der Waals surface area (Å²) in [6.07, 6.45) is 33.9. The van der Waals surface area contributed by atoms with Crippen LogP contribution in [0, 0.1) is 10.8 Å². The number of carbonyl (C=O) groups is 1. The zero-order valence-corrected chi connectivity index (χ0v) is 27.8. The van der Waals surface area contributed by atoms with Crippen LogP contribution in [0.5, 0.6) is 0 Å². The van der Waals surface area contributed by atoms with Gasteiger partial charge in [-0.1, -0.05) is 128 Å². The van der Waals surface area contributed by atoms with Gasteiger partial charge in [0.1, 0.15) is 0 Å². The van der Waals surface area contributed by atoms with E-state index in [-0.39, 0.29) is 16.6 Å². The van der Waals surface area contributed by atoms with E-state index in [0.29, 0.717) is 6.42 Å². The molecule has 0 saturated heterocycles. The Labute approximate surface area is 252 Å². The third kappa shape index (κ3) is 11.5. The van der Waals surface area contributed by atoms with E-state index in [4.69, 9.17) is 0 Å². The fraction of sp³-hybridized carbons (Fsp3) is 0.475. The normalized spacial score (nSPS) is 21.6. The Morgan fingerprint density at radius 1 is 0.659 bits per heavy atom. The zero-order chi connectivity index (χ0) is 30.6. The van der Waals surface area contributed by atoms with Gasteiger partial charge in [-0.05, 0) is 108 Å². The van der Waals surface area contributed by atoms with E-state index >= 15 is 0 Å². The third-order valence-corrected chi connectivity index (χ3v) is 8.63. The number of hydrogen-bond acceptors (Lipinski definition) is 1. The van der Waals surface area contributed by atoms with Gasteiger partial charge in [-0.25, -0.2) is 0 Å². The van der Waals surface area contributed by atoms with Crippen molar-refractivity contribution in [1.82, 2.24) is 0 Å². The van der Waals surface area contributed by atoms with Gasteiger partial charge in [-0.15, -0.1) is 0 Å². The zero-order valence-electron chi connectivity index (χ0n) is 27.8.